The quantitative estimate of drug-likeness (QED) is 0.767. The van der Waals surface area contributed by atoms with Gasteiger partial charge in [0.2, 0.25) is 0 Å². The van der Waals surface area contributed by atoms with Crippen LogP contribution in [-0.2, 0) is 16.4 Å². The molecule has 0 N–H and O–H groups in total. The van der Waals surface area contributed by atoms with E-state index < -0.39 is 10.0 Å². The van der Waals surface area contributed by atoms with Crippen molar-refractivity contribution in [3.63, 3.8) is 0 Å². The number of fused-ring (bicyclic) bond motifs is 1. The molecule has 29 heavy (non-hydrogen) atoms. The third kappa shape index (κ3) is 3.90. The van der Waals surface area contributed by atoms with E-state index in [2.05, 4.69) is 13.8 Å². The van der Waals surface area contributed by atoms with Crippen molar-refractivity contribution in [1.29, 1.82) is 0 Å². The Hall–Kier alpha value is -2.34. The van der Waals surface area contributed by atoms with Gasteiger partial charge in [-0.25, -0.2) is 8.42 Å². The first kappa shape index (κ1) is 20.0. The number of piperidine rings is 1. The minimum Gasteiger partial charge on any atom is -0.338 e. The second-order valence-corrected chi connectivity index (χ2v) is 10.4. The van der Waals surface area contributed by atoms with Crippen LogP contribution in [0.15, 0.2) is 53.4 Å². The standard InChI is InChI=1S/C23H28N2O3S/c1-17-14-18(2)16-24(15-17)23(26)20-9-11-21(12-10-20)29(27,28)25-13-5-7-19-6-3-4-8-22(19)25/h3-4,6,8-12,17-18H,5,7,13-16H2,1-2H3/t17-,18+. The van der Waals surface area contributed by atoms with Crippen molar-refractivity contribution in [2.24, 2.45) is 11.8 Å². The number of carbonyl (C=O) groups excluding carboxylic acids is 1. The zero-order valence-corrected chi connectivity index (χ0v) is 17.9. The zero-order chi connectivity index (χ0) is 20.6. The molecule has 2 aliphatic heterocycles. The topological polar surface area (TPSA) is 57.7 Å². The number of anilines is 1. The predicted octanol–water partition coefficient (Wildman–Crippen LogP) is 3.95. The third-order valence-corrected chi connectivity index (χ3v) is 7.74. The van der Waals surface area contributed by atoms with Gasteiger partial charge in [0.1, 0.15) is 0 Å². The number of likely N-dealkylation sites (tertiary alicyclic amines) is 1. The van der Waals surface area contributed by atoms with Crippen LogP contribution in [0.4, 0.5) is 5.69 Å². The van der Waals surface area contributed by atoms with Crippen LogP contribution in [0, 0.1) is 11.8 Å². The number of aryl methyl sites for hydroxylation is 1. The van der Waals surface area contributed by atoms with E-state index in [-0.39, 0.29) is 10.8 Å². The SMILES string of the molecule is C[C@@H]1C[C@H](C)CN(C(=O)c2ccc(S(=O)(=O)N3CCCc4ccccc43)cc2)C1. The highest BCUT2D eigenvalue weighted by Crippen LogP contribution is 2.32. The van der Waals surface area contributed by atoms with Crippen molar-refractivity contribution in [1.82, 2.24) is 4.90 Å². The van der Waals surface area contributed by atoms with Crippen molar-refractivity contribution in [3.05, 3.63) is 59.7 Å². The van der Waals surface area contributed by atoms with Gasteiger partial charge in [-0.05, 0) is 67.0 Å². The summed E-state index contributed by atoms with van der Waals surface area (Å²) >= 11 is 0. The average Bonchev–Trinajstić information content (AvgIpc) is 2.72. The number of nitrogens with zero attached hydrogens (tertiary/aromatic N) is 2. The van der Waals surface area contributed by atoms with E-state index in [0.29, 0.717) is 23.9 Å². The Labute approximate surface area is 173 Å². The molecule has 0 bridgehead atoms. The second kappa shape index (κ2) is 7.82. The van der Waals surface area contributed by atoms with Crippen LogP contribution in [-0.4, -0.2) is 38.9 Å². The van der Waals surface area contributed by atoms with Crippen molar-refractivity contribution in [2.45, 2.75) is 38.0 Å². The van der Waals surface area contributed by atoms with E-state index in [9.17, 15) is 13.2 Å². The second-order valence-electron chi connectivity index (χ2n) is 8.49. The van der Waals surface area contributed by atoms with E-state index in [1.165, 1.54) is 4.31 Å². The fraction of sp³-hybridized carbons (Fsp3) is 0.435. The molecule has 0 saturated carbocycles. The molecule has 4 rings (SSSR count). The fourth-order valence-electron chi connectivity index (χ4n) is 4.66. The Morgan fingerprint density at radius 2 is 1.62 bits per heavy atom. The highest BCUT2D eigenvalue weighted by Gasteiger charge is 2.30. The van der Waals surface area contributed by atoms with Crippen LogP contribution in [0.2, 0.25) is 0 Å². The lowest BCUT2D eigenvalue weighted by molar-refractivity contribution is 0.0623. The summed E-state index contributed by atoms with van der Waals surface area (Å²) in [6.45, 7) is 6.33. The van der Waals surface area contributed by atoms with Gasteiger partial charge >= 0.3 is 0 Å². The maximum absolute atomic E-state index is 13.2. The van der Waals surface area contributed by atoms with E-state index >= 15 is 0 Å². The molecule has 1 fully saturated rings. The minimum absolute atomic E-state index is 0.0179. The van der Waals surface area contributed by atoms with Crippen molar-refractivity contribution in [3.8, 4) is 0 Å². The first-order valence-corrected chi connectivity index (χ1v) is 11.8. The fourth-order valence-corrected chi connectivity index (χ4v) is 6.20. The van der Waals surface area contributed by atoms with E-state index in [4.69, 9.17) is 0 Å². The summed E-state index contributed by atoms with van der Waals surface area (Å²) < 4.78 is 28.0. The lowest BCUT2D eigenvalue weighted by Gasteiger charge is -2.35. The Bertz CT molecular complexity index is 991. The number of sulfonamides is 1. The van der Waals surface area contributed by atoms with Crippen LogP contribution in [0.5, 0.6) is 0 Å². The highest BCUT2D eigenvalue weighted by atomic mass is 32.2. The lowest BCUT2D eigenvalue weighted by atomic mass is 9.91. The highest BCUT2D eigenvalue weighted by molar-refractivity contribution is 7.92. The number of hydrogen-bond donors (Lipinski definition) is 0. The van der Waals surface area contributed by atoms with Crippen LogP contribution in [0.3, 0.4) is 0 Å². The van der Waals surface area contributed by atoms with Crippen LogP contribution in [0.25, 0.3) is 0 Å². The summed E-state index contributed by atoms with van der Waals surface area (Å²) in [6.07, 6.45) is 2.83. The number of benzene rings is 2. The Morgan fingerprint density at radius 3 is 2.31 bits per heavy atom. The summed E-state index contributed by atoms with van der Waals surface area (Å²) in [6, 6.07) is 14.1. The summed E-state index contributed by atoms with van der Waals surface area (Å²) in [5, 5.41) is 0. The van der Waals surface area contributed by atoms with Gasteiger partial charge in [0.25, 0.3) is 15.9 Å². The van der Waals surface area contributed by atoms with Crippen molar-refractivity contribution < 1.29 is 13.2 Å². The molecule has 0 unspecified atom stereocenters. The lowest BCUT2D eigenvalue weighted by Crippen LogP contribution is -2.42. The molecule has 2 aromatic carbocycles. The van der Waals surface area contributed by atoms with Crippen molar-refractivity contribution in [2.75, 3.05) is 23.9 Å². The normalized spacial score (nSPS) is 22.3. The molecule has 0 spiro atoms. The molecular weight excluding hydrogens is 384 g/mol. The first-order valence-electron chi connectivity index (χ1n) is 10.4. The minimum atomic E-state index is -3.65. The molecule has 5 nitrogen and oxygen atoms in total. The molecule has 0 aliphatic carbocycles. The monoisotopic (exact) mass is 412 g/mol. The molecule has 2 aliphatic rings. The molecule has 0 aromatic heterocycles. The van der Waals surface area contributed by atoms with Gasteiger partial charge in [-0.2, -0.15) is 0 Å². The predicted molar refractivity (Wildman–Crippen MR) is 115 cm³/mol. The maximum Gasteiger partial charge on any atom is 0.264 e. The van der Waals surface area contributed by atoms with E-state index in [1.807, 2.05) is 29.2 Å². The molecule has 1 saturated heterocycles. The van der Waals surface area contributed by atoms with Gasteiger partial charge in [0.05, 0.1) is 10.6 Å². The summed E-state index contributed by atoms with van der Waals surface area (Å²) in [5.41, 5.74) is 2.36. The number of hydrogen-bond acceptors (Lipinski definition) is 3. The van der Waals surface area contributed by atoms with Gasteiger partial charge in [0.15, 0.2) is 0 Å². The average molecular weight is 413 g/mol. The summed E-state index contributed by atoms with van der Waals surface area (Å²) in [5.74, 6) is 0.957. The molecule has 1 amide bonds. The Kier molecular flexibility index (Phi) is 5.38. The molecule has 154 valence electrons. The molecule has 2 atom stereocenters. The van der Waals surface area contributed by atoms with Crippen LogP contribution >= 0.6 is 0 Å². The maximum atomic E-state index is 13.2. The smallest absolute Gasteiger partial charge is 0.264 e. The molecular formula is C23H28N2O3S. The van der Waals surface area contributed by atoms with Crippen molar-refractivity contribution >= 4 is 21.6 Å². The van der Waals surface area contributed by atoms with Gasteiger partial charge in [-0.1, -0.05) is 32.0 Å². The van der Waals surface area contributed by atoms with E-state index in [0.717, 1.165) is 43.6 Å². The van der Waals surface area contributed by atoms with Gasteiger partial charge < -0.3 is 4.90 Å². The molecule has 2 aromatic rings. The number of amides is 1. The number of para-hydroxylation sites is 1. The van der Waals surface area contributed by atoms with Gasteiger partial charge in [-0.15, -0.1) is 0 Å². The van der Waals surface area contributed by atoms with Crippen LogP contribution in [0.1, 0.15) is 42.6 Å². The number of rotatable bonds is 3. The van der Waals surface area contributed by atoms with Gasteiger partial charge in [-0.3, -0.25) is 9.10 Å². The third-order valence-electron chi connectivity index (χ3n) is 5.91. The van der Waals surface area contributed by atoms with Crippen LogP contribution < -0.4 is 4.31 Å². The number of carbonyl (C=O) groups is 1. The first-order chi connectivity index (χ1) is 13.9. The largest absolute Gasteiger partial charge is 0.338 e. The summed E-state index contributed by atoms with van der Waals surface area (Å²) in [7, 11) is -3.65. The Morgan fingerprint density at radius 1 is 0.966 bits per heavy atom. The Balaban J connectivity index is 1.57. The van der Waals surface area contributed by atoms with Gasteiger partial charge in [0, 0.05) is 25.2 Å². The van der Waals surface area contributed by atoms with E-state index in [1.54, 1.807) is 24.3 Å². The zero-order valence-electron chi connectivity index (χ0n) is 17.0. The molecule has 6 heteroatoms. The molecule has 0 radical (unpaired) electrons. The molecule has 2 heterocycles. The summed E-state index contributed by atoms with van der Waals surface area (Å²) in [4.78, 5) is 15.0.